The third kappa shape index (κ3) is 3.23. The van der Waals surface area contributed by atoms with Crippen LogP contribution >= 0.6 is 11.8 Å². The van der Waals surface area contributed by atoms with Crippen LogP contribution < -0.4 is 5.73 Å². The second kappa shape index (κ2) is 6.19. The Bertz CT molecular complexity index is 575. The van der Waals surface area contributed by atoms with Gasteiger partial charge in [-0.15, -0.1) is 0 Å². The molecule has 0 atom stereocenters. The second-order valence-corrected chi connectivity index (χ2v) is 4.65. The second-order valence-electron chi connectivity index (χ2n) is 3.58. The highest BCUT2D eigenvalue weighted by molar-refractivity contribution is 7.99. The highest BCUT2D eigenvalue weighted by atomic mass is 32.2. The number of carbonyl (C=O) groups is 1. The molecule has 98 valence electrons. The fourth-order valence-corrected chi connectivity index (χ4v) is 2.25. The van der Waals surface area contributed by atoms with Gasteiger partial charge >= 0.3 is 5.97 Å². The first kappa shape index (κ1) is 13.4. The van der Waals surface area contributed by atoms with Gasteiger partial charge in [-0.05, 0) is 25.1 Å². The first-order valence-electron chi connectivity index (χ1n) is 5.72. The van der Waals surface area contributed by atoms with E-state index in [1.807, 2.05) is 12.1 Å². The van der Waals surface area contributed by atoms with Gasteiger partial charge < -0.3 is 10.5 Å². The van der Waals surface area contributed by atoms with Crippen LogP contribution in [-0.2, 0) is 4.74 Å². The van der Waals surface area contributed by atoms with Gasteiger partial charge in [0.2, 0.25) is 0 Å². The molecular formula is C13H13N3O2S. The number of ether oxygens (including phenoxy) is 1. The van der Waals surface area contributed by atoms with Crippen molar-refractivity contribution in [3.63, 3.8) is 0 Å². The Kier molecular flexibility index (Phi) is 4.35. The standard InChI is InChI=1S/C13H13N3O2S/c1-2-18-13(17)10-5-8-16-12(11(10)14)19-9-3-6-15-7-4-9/h3-8H,2,14H2,1H3. The molecule has 0 aliphatic rings. The fourth-order valence-electron chi connectivity index (χ4n) is 1.44. The highest BCUT2D eigenvalue weighted by Crippen LogP contribution is 2.31. The number of pyridine rings is 2. The van der Waals surface area contributed by atoms with Gasteiger partial charge in [0.25, 0.3) is 0 Å². The van der Waals surface area contributed by atoms with Crippen molar-refractivity contribution in [1.82, 2.24) is 9.97 Å². The first-order valence-corrected chi connectivity index (χ1v) is 6.53. The minimum absolute atomic E-state index is 0.313. The van der Waals surface area contributed by atoms with Gasteiger partial charge in [0.15, 0.2) is 0 Å². The molecule has 0 unspecified atom stereocenters. The first-order chi connectivity index (χ1) is 9.22. The zero-order valence-electron chi connectivity index (χ0n) is 10.4. The molecule has 2 heterocycles. The summed E-state index contributed by atoms with van der Waals surface area (Å²) in [7, 11) is 0. The van der Waals surface area contributed by atoms with E-state index in [1.165, 1.54) is 11.8 Å². The summed E-state index contributed by atoms with van der Waals surface area (Å²) < 4.78 is 4.95. The van der Waals surface area contributed by atoms with Crippen molar-refractivity contribution in [2.45, 2.75) is 16.8 Å². The summed E-state index contributed by atoms with van der Waals surface area (Å²) in [5.74, 6) is -0.432. The number of esters is 1. The van der Waals surface area contributed by atoms with Crippen LogP contribution in [0.3, 0.4) is 0 Å². The summed E-state index contributed by atoms with van der Waals surface area (Å²) in [6.45, 7) is 2.06. The molecule has 0 saturated carbocycles. The molecule has 0 spiro atoms. The van der Waals surface area contributed by atoms with E-state index in [1.54, 1.807) is 31.6 Å². The van der Waals surface area contributed by atoms with Crippen LogP contribution in [0.4, 0.5) is 5.69 Å². The molecule has 2 rings (SSSR count). The van der Waals surface area contributed by atoms with E-state index in [4.69, 9.17) is 10.5 Å². The third-order valence-corrected chi connectivity index (χ3v) is 3.34. The zero-order chi connectivity index (χ0) is 13.7. The number of rotatable bonds is 4. The maximum atomic E-state index is 11.7. The van der Waals surface area contributed by atoms with Gasteiger partial charge in [0.05, 0.1) is 17.9 Å². The summed E-state index contributed by atoms with van der Waals surface area (Å²) >= 11 is 1.38. The number of anilines is 1. The Labute approximate surface area is 115 Å². The monoisotopic (exact) mass is 275 g/mol. The fraction of sp³-hybridized carbons (Fsp3) is 0.154. The maximum absolute atomic E-state index is 11.7. The number of carbonyl (C=O) groups excluding carboxylic acids is 1. The summed E-state index contributed by atoms with van der Waals surface area (Å²) in [6, 6.07) is 5.26. The average molecular weight is 275 g/mol. The lowest BCUT2D eigenvalue weighted by molar-refractivity contribution is 0.0527. The van der Waals surface area contributed by atoms with E-state index in [9.17, 15) is 4.79 Å². The molecule has 19 heavy (non-hydrogen) atoms. The summed E-state index contributed by atoms with van der Waals surface area (Å²) in [6.07, 6.45) is 4.92. The van der Waals surface area contributed by atoms with Crippen molar-refractivity contribution < 1.29 is 9.53 Å². The lowest BCUT2D eigenvalue weighted by Gasteiger charge is -2.08. The average Bonchev–Trinajstić information content (AvgIpc) is 2.42. The van der Waals surface area contributed by atoms with Crippen LogP contribution in [-0.4, -0.2) is 22.5 Å². The van der Waals surface area contributed by atoms with E-state index in [0.717, 1.165) is 4.90 Å². The van der Waals surface area contributed by atoms with E-state index in [0.29, 0.717) is 22.9 Å². The summed E-state index contributed by atoms with van der Waals surface area (Å²) in [4.78, 5) is 20.8. The zero-order valence-corrected chi connectivity index (χ0v) is 11.2. The topological polar surface area (TPSA) is 78.1 Å². The van der Waals surface area contributed by atoms with Crippen molar-refractivity contribution in [2.24, 2.45) is 0 Å². The predicted molar refractivity (Wildman–Crippen MR) is 73.0 cm³/mol. The van der Waals surface area contributed by atoms with Gasteiger partial charge in [0.1, 0.15) is 5.03 Å². The SMILES string of the molecule is CCOC(=O)c1ccnc(Sc2ccncc2)c1N. The number of nitrogens with two attached hydrogens (primary N) is 1. The molecule has 0 aromatic carbocycles. The van der Waals surface area contributed by atoms with Crippen LogP contribution in [0.5, 0.6) is 0 Å². The molecule has 6 heteroatoms. The van der Waals surface area contributed by atoms with Crippen LogP contribution in [0.1, 0.15) is 17.3 Å². The smallest absolute Gasteiger partial charge is 0.340 e. The molecule has 0 aliphatic heterocycles. The number of hydrogen-bond donors (Lipinski definition) is 1. The molecule has 0 saturated heterocycles. The summed E-state index contributed by atoms with van der Waals surface area (Å²) in [5, 5.41) is 0.580. The van der Waals surface area contributed by atoms with Crippen molar-refractivity contribution in [1.29, 1.82) is 0 Å². The Balaban J connectivity index is 2.27. The Morgan fingerprint density at radius 2 is 2.05 bits per heavy atom. The predicted octanol–water partition coefficient (Wildman–Crippen LogP) is 2.39. The van der Waals surface area contributed by atoms with Gasteiger partial charge in [0, 0.05) is 23.5 Å². The van der Waals surface area contributed by atoms with Crippen LogP contribution in [0, 0.1) is 0 Å². The van der Waals surface area contributed by atoms with Crippen molar-refractivity contribution in [2.75, 3.05) is 12.3 Å². The Morgan fingerprint density at radius 1 is 1.32 bits per heavy atom. The van der Waals surface area contributed by atoms with E-state index in [-0.39, 0.29) is 0 Å². The quantitative estimate of drug-likeness (QED) is 0.863. The number of nitrogen functional groups attached to an aromatic ring is 1. The van der Waals surface area contributed by atoms with E-state index < -0.39 is 5.97 Å². The summed E-state index contributed by atoms with van der Waals surface area (Å²) in [5.41, 5.74) is 6.64. The Hall–Kier alpha value is -2.08. The number of hydrogen-bond acceptors (Lipinski definition) is 6. The van der Waals surface area contributed by atoms with Crippen LogP contribution in [0.15, 0.2) is 46.7 Å². The molecule has 0 fully saturated rings. The third-order valence-electron chi connectivity index (χ3n) is 2.31. The lowest BCUT2D eigenvalue weighted by Crippen LogP contribution is -2.09. The molecule has 5 nitrogen and oxygen atoms in total. The van der Waals surface area contributed by atoms with Gasteiger partial charge in [-0.3, -0.25) is 4.98 Å². The van der Waals surface area contributed by atoms with Crippen molar-refractivity contribution >= 4 is 23.4 Å². The minimum atomic E-state index is -0.432. The molecular weight excluding hydrogens is 262 g/mol. The van der Waals surface area contributed by atoms with E-state index in [2.05, 4.69) is 9.97 Å². The molecule has 2 N–H and O–H groups in total. The number of aromatic nitrogens is 2. The van der Waals surface area contributed by atoms with Gasteiger partial charge in [-0.2, -0.15) is 0 Å². The highest BCUT2D eigenvalue weighted by Gasteiger charge is 2.15. The van der Waals surface area contributed by atoms with Gasteiger partial charge in [-0.1, -0.05) is 11.8 Å². The van der Waals surface area contributed by atoms with Crippen LogP contribution in [0.25, 0.3) is 0 Å². The van der Waals surface area contributed by atoms with Crippen LogP contribution in [0.2, 0.25) is 0 Å². The normalized spacial score (nSPS) is 10.2. The minimum Gasteiger partial charge on any atom is -0.462 e. The molecule has 0 bridgehead atoms. The van der Waals surface area contributed by atoms with E-state index >= 15 is 0 Å². The van der Waals surface area contributed by atoms with Gasteiger partial charge in [-0.25, -0.2) is 9.78 Å². The molecule has 2 aromatic heterocycles. The molecule has 0 radical (unpaired) electrons. The van der Waals surface area contributed by atoms with Crippen molar-refractivity contribution in [3.8, 4) is 0 Å². The van der Waals surface area contributed by atoms with Crippen molar-refractivity contribution in [3.05, 3.63) is 42.4 Å². The largest absolute Gasteiger partial charge is 0.462 e. The molecule has 0 aliphatic carbocycles. The molecule has 2 aromatic rings. The maximum Gasteiger partial charge on any atom is 0.340 e. The Morgan fingerprint density at radius 3 is 2.74 bits per heavy atom. The number of nitrogens with zero attached hydrogens (tertiary/aromatic N) is 2. The molecule has 0 amide bonds. The lowest BCUT2D eigenvalue weighted by atomic mass is 10.2.